The van der Waals surface area contributed by atoms with Crippen LogP contribution in [0.25, 0.3) is 21.7 Å². The van der Waals surface area contributed by atoms with E-state index in [0.29, 0.717) is 12.8 Å². The lowest BCUT2D eigenvalue weighted by atomic mass is 9.77. The Morgan fingerprint density at radius 2 is 1.49 bits per heavy atom. The number of para-hydroxylation sites is 1. The Bertz CT molecular complexity index is 1490. The lowest BCUT2D eigenvalue weighted by Gasteiger charge is -2.29. The summed E-state index contributed by atoms with van der Waals surface area (Å²) in [7, 11) is 1.66. The third-order valence-electron chi connectivity index (χ3n) is 6.59. The molecular formula is C31H28N2O2. The molecule has 174 valence electrons. The van der Waals surface area contributed by atoms with Crippen molar-refractivity contribution in [3.63, 3.8) is 0 Å². The van der Waals surface area contributed by atoms with Crippen LogP contribution in [0.1, 0.15) is 18.1 Å². The molecule has 0 aliphatic rings. The van der Waals surface area contributed by atoms with Crippen molar-refractivity contribution >= 4 is 33.3 Å². The molecule has 1 heterocycles. The SMILES string of the molecule is COc1ccc(CC(C)(Cc2ccc3ccccc3c2)C(=O)Nc2cccc3cccnc23)cc1. The van der Waals surface area contributed by atoms with Gasteiger partial charge in [-0.25, -0.2) is 0 Å². The average molecular weight is 461 g/mol. The minimum atomic E-state index is -0.687. The van der Waals surface area contributed by atoms with Gasteiger partial charge in [0, 0.05) is 11.6 Å². The number of nitrogens with one attached hydrogen (secondary N) is 1. The van der Waals surface area contributed by atoms with Crippen LogP contribution in [0.2, 0.25) is 0 Å². The fourth-order valence-electron chi connectivity index (χ4n) is 4.69. The smallest absolute Gasteiger partial charge is 0.231 e. The number of fused-ring (bicyclic) bond motifs is 2. The minimum absolute atomic E-state index is 0.0281. The summed E-state index contributed by atoms with van der Waals surface area (Å²) in [6.45, 7) is 2.04. The monoisotopic (exact) mass is 460 g/mol. The normalized spacial score (nSPS) is 12.9. The van der Waals surface area contributed by atoms with Crippen LogP contribution in [0, 0.1) is 5.41 Å². The maximum absolute atomic E-state index is 13.9. The third-order valence-corrected chi connectivity index (χ3v) is 6.59. The number of nitrogens with zero attached hydrogens (tertiary/aromatic N) is 1. The second kappa shape index (κ2) is 9.59. The van der Waals surface area contributed by atoms with E-state index in [0.717, 1.165) is 33.5 Å². The molecule has 1 amide bonds. The quantitative estimate of drug-likeness (QED) is 0.290. The van der Waals surface area contributed by atoms with Crippen LogP contribution in [-0.2, 0) is 17.6 Å². The predicted octanol–water partition coefficient (Wildman–Crippen LogP) is 6.83. The van der Waals surface area contributed by atoms with Gasteiger partial charge in [0.1, 0.15) is 5.75 Å². The summed E-state index contributed by atoms with van der Waals surface area (Å²) >= 11 is 0. The van der Waals surface area contributed by atoms with Crippen LogP contribution >= 0.6 is 0 Å². The number of rotatable bonds is 7. The standard InChI is InChI=1S/C31H28N2O2/c1-31(20-22-13-16-27(35-2)17-14-22,21-23-12-15-24-7-3-4-8-26(24)19-23)30(34)33-28-11-5-9-25-10-6-18-32-29(25)28/h3-19H,20-21H2,1-2H3,(H,33,34). The number of aromatic nitrogens is 1. The molecule has 0 saturated heterocycles. The van der Waals surface area contributed by atoms with Gasteiger partial charge in [-0.1, -0.05) is 79.7 Å². The fraction of sp³-hybridized carbons (Fsp3) is 0.161. The van der Waals surface area contributed by atoms with Gasteiger partial charge in [-0.15, -0.1) is 0 Å². The molecule has 0 fully saturated rings. The van der Waals surface area contributed by atoms with Crippen LogP contribution in [0.15, 0.2) is 103 Å². The van der Waals surface area contributed by atoms with Gasteiger partial charge >= 0.3 is 0 Å². The second-order valence-electron chi connectivity index (χ2n) is 9.28. The largest absolute Gasteiger partial charge is 0.497 e. The van der Waals surface area contributed by atoms with Gasteiger partial charge in [0.25, 0.3) is 0 Å². The maximum atomic E-state index is 13.9. The summed E-state index contributed by atoms with van der Waals surface area (Å²) in [6, 6.07) is 32.5. The molecule has 0 saturated carbocycles. The van der Waals surface area contributed by atoms with Crippen LogP contribution in [0.5, 0.6) is 5.75 Å². The summed E-state index contributed by atoms with van der Waals surface area (Å²) in [5.41, 5.74) is 3.05. The summed E-state index contributed by atoms with van der Waals surface area (Å²) in [5, 5.41) is 6.57. The van der Waals surface area contributed by atoms with Crippen molar-refractivity contribution in [3.05, 3.63) is 114 Å². The number of anilines is 1. The van der Waals surface area contributed by atoms with Gasteiger partial charge in [-0.2, -0.15) is 0 Å². The molecule has 0 radical (unpaired) electrons. The third kappa shape index (κ3) is 4.87. The Kier molecular flexibility index (Phi) is 6.19. The van der Waals surface area contributed by atoms with Crippen LogP contribution < -0.4 is 10.1 Å². The van der Waals surface area contributed by atoms with Gasteiger partial charge in [0.05, 0.1) is 23.7 Å². The molecule has 4 nitrogen and oxygen atoms in total. The van der Waals surface area contributed by atoms with E-state index in [1.54, 1.807) is 13.3 Å². The molecule has 0 aliphatic carbocycles. The summed E-state index contributed by atoms with van der Waals surface area (Å²) in [4.78, 5) is 18.4. The first-order valence-electron chi connectivity index (χ1n) is 11.8. The first kappa shape index (κ1) is 22.6. The van der Waals surface area contributed by atoms with Gasteiger partial charge < -0.3 is 10.1 Å². The maximum Gasteiger partial charge on any atom is 0.231 e. The van der Waals surface area contributed by atoms with Gasteiger partial charge in [-0.3, -0.25) is 9.78 Å². The molecule has 4 heteroatoms. The van der Waals surface area contributed by atoms with Crippen molar-refractivity contribution in [2.75, 3.05) is 12.4 Å². The van der Waals surface area contributed by atoms with Crippen LogP contribution in [0.3, 0.4) is 0 Å². The zero-order chi connectivity index (χ0) is 24.3. The highest BCUT2D eigenvalue weighted by Crippen LogP contribution is 2.32. The molecule has 5 rings (SSSR count). The molecular weight excluding hydrogens is 432 g/mol. The number of amides is 1. The van der Waals surface area contributed by atoms with E-state index in [1.165, 1.54) is 10.8 Å². The number of methoxy groups -OCH3 is 1. The molecule has 1 N–H and O–H groups in total. The van der Waals surface area contributed by atoms with E-state index in [4.69, 9.17) is 4.74 Å². The molecule has 4 aromatic carbocycles. The molecule has 5 aromatic rings. The van der Waals surface area contributed by atoms with Crippen molar-refractivity contribution in [2.45, 2.75) is 19.8 Å². The van der Waals surface area contributed by atoms with Crippen molar-refractivity contribution in [3.8, 4) is 5.75 Å². The Labute approximate surface area is 205 Å². The van der Waals surface area contributed by atoms with Crippen molar-refractivity contribution in [1.29, 1.82) is 0 Å². The zero-order valence-electron chi connectivity index (χ0n) is 20.0. The number of carbonyl (C=O) groups excluding carboxylic acids is 1. The molecule has 1 atom stereocenters. The van der Waals surface area contributed by atoms with Crippen molar-refractivity contribution < 1.29 is 9.53 Å². The van der Waals surface area contributed by atoms with Crippen LogP contribution in [-0.4, -0.2) is 18.0 Å². The number of hydrogen-bond acceptors (Lipinski definition) is 3. The lowest BCUT2D eigenvalue weighted by molar-refractivity contribution is -0.124. The van der Waals surface area contributed by atoms with E-state index in [9.17, 15) is 4.79 Å². The van der Waals surface area contributed by atoms with E-state index in [2.05, 4.69) is 40.6 Å². The Balaban J connectivity index is 1.49. The Hall–Kier alpha value is -4.18. The topological polar surface area (TPSA) is 51.2 Å². The first-order chi connectivity index (χ1) is 17.0. The lowest BCUT2D eigenvalue weighted by Crippen LogP contribution is -2.37. The first-order valence-corrected chi connectivity index (χ1v) is 11.8. The van der Waals surface area contributed by atoms with Gasteiger partial charge in [-0.05, 0) is 59.0 Å². The van der Waals surface area contributed by atoms with E-state index < -0.39 is 5.41 Å². The predicted molar refractivity (Wildman–Crippen MR) is 143 cm³/mol. The highest BCUT2D eigenvalue weighted by atomic mass is 16.5. The van der Waals surface area contributed by atoms with Crippen LogP contribution in [0.4, 0.5) is 5.69 Å². The van der Waals surface area contributed by atoms with Crippen molar-refractivity contribution in [1.82, 2.24) is 4.98 Å². The number of benzene rings is 4. The number of carbonyl (C=O) groups is 1. The molecule has 0 bridgehead atoms. The fourth-order valence-corrected chi connectivity index (χ4v) is 4.69. The van der Waals surface area contributed by atoms with E-state index >= 15 is 0 Å². The number of ether oxygens (including phenoxy) is 1. The molecule has 0 spiro atoms. The Morgan fingerprint density at radius 1 is 0.800 bits per heavy atom. The molecule has 1 unspecified atom stereocenters. The number of hydrogen-bond donors (Lipinski definition) is 1. The van der Waals surface area contributed by atoms with Gasteiger partial charge in [0.2, 0.25) is 5.91 Å². The molecule has 1 aromatic heterocycles. The molecule has 35 heavy (non-hydrogen) atoms. The zero-order valence-corrected chi connectivity index (χ0v) is 20.0. The van der Waals surface area contributed by atoms with E-state index in [1.807, 2.05) is 73.7 Å². The minimum Gasteiger partial charge on any atom is -0.497 e. The Morgan fingerprint density at radius 3 is 2.29 bits per heavy atom. The number of pyridine rings is 1. The summed E-state index contributed by atoms with van der Waals surface area (Å²) in [6.07, 6.45) is 2.95. The summed E-state index contributed by atoms with van der Waals surface area (Å²) in [5.74, 6) is 0.774. The second-order valence-corrected chi connectivity index (χ2v) is 9.28. The average Bonchev–Trinajstić information content (AvgIpc) is 2.89. The van der Waals surface area contributed by atoms with Gasteiger partial charge in [0.15, 0.2) is 0 Å². The van der Waals surface area contributed by atoms with Crippen molar-refractivity contribution in [2.24, 2.45) is 5.41 Å². The molecule has 0 aliphatic heterocycles. The summed E-state index contributed by atoms with van der Waals surface area (Å²) < 4.78 is 5.32. The van der Waals surface area contributed by atoms with E-state index in [-0.39, 0.29) is 5.91 Å². The highest BCUT2D eigenvalue weighted by molar-refractivity contribution is 6.02. The highest BCUT2D eigenvalue weighted by Gasteiger charge is 2.34.